The Morgan fingerprint density at radius 3 is 2.79 bits per heavy atom. The third-order valence-electron chi connectivity index (χ3n) is 3.63. The summed E-state index contributed by atoms with van der Waals surface area (Å²) in [7, 11) is 4.26. The Kier molecular flexibility index (Phi) is 4.63. The lowest BCUT2D eigenvalue weighted by Gasteiger charge is -2.23. The smallest absolute Gasteiger partial charge is 0.135 e. The van der Waals surface area contributed by atoms with Crippen molar-refractivity contribution in [3.8, 4) is 0 Å². The van der Waals surface area contributed by atoms with Crippen LogP contribution in [0.5, 0.6) is 0 Å². The molecule has 1 unspecified atom stereocenters. The van der Waals surface area contributed by atoms with Crippen molar-refractivity contribution in [1.82, 2.24) is 14.9 Å². The van der Waals surface area contributed by atoms with E-state index in [1.807, 2.05) is 6.07 Å². The van der Waals surface area contributed by atoms with Crippen molar-refractivity contribution in [2.45, 2.75) is 26.2 Å². The Hall–Kier alpha value is -0.870. The van der Waals surface area contributed by atoms with Crippen molar-refractivity contribution < 1.29 is 0 Å². The van der Waals surface area contributed by atoms with Crippen molar-refractivity contribution in [2.75, 3.05) is 38.6 Å². The first kappa shape index (κ1) is 14.5. The number of hydrogen-bond donors (Lipinski definition) is 0. The highest BCUT2D eigenvalue weighted by atomic mass is 35.5. The van der Waals surface area contributed by atoms with Crippen molar-refractivity contribution in [1.29, 1.82) is 0 Å². The van der Waals surface area contributed by atoms with E-state index in [0.29, 0.717) is 17.0 Å². The molecule has 0 radical (unpaired) electrons. The van der Waals surface area contributed by atoms with Crippen LogP contribution in [0.3, 0.4) is 0 Å². The molecule has 0 aromatic carbocycles. The molecule has 4 nitrogen and oxygen atoms in total. The number of hydrogen-bond acceptors (Lipinski definition) is 4. The lowest BCUT2D eigenvalue weighted by Crippen LogP contribution is -2.28. The van der Waals surface area contributed by atoms with E-state index in [4.69, 9.17) is 11.6 Å². The van der Waals surface area contributed by atoms with E-state index in [9.17, 15) is 0 Å². The van der Waals surface area contributed by atoms with Gasteiger partial charge in [-0.1, -0.05) is 25.4 Å². The summed E-state index contributed by atoms with van der Waals surface area (Å²) in [6.07, 6.45) is 1.26. The van der Waals surface area contributed by atoms with Crippen LogP contribution in [0, 0.1) is 5.92 Å². The monoisotopic (exact) mass is 282 g/mol. The minimum absolute atomic E-state index is 0.295. The largest absolute Gasteiger partial charge is 0.359 e. The molecule has 0 amide bonds. The summed E-state index contributed by atoms with van der Waals surface area (Å²) in [6, 6.07) is 1.85. The van der Waals surface area contributed by atoms with Crippen LogP contribution in [0.4, 0.5) is 5.82 Å². The third-order valence-corrected chi connectivity index (χ3v) is 3.82. The first-order valence-corrected chi connectivity index (χ1v) is 7.27. The van der Waals surface area contributed by atoms with Crippen molar-refractivity contribution in [2.24, 2.45) is 5.92 Å². The van der Waals surface area contributed by atoms with Crippen LogP contribution in [-0.2, 0) is 0 Å². The average molecular weight is 283 g/mol. The molecule has 0 spiro atoms. The fourth-order valence-electron chi connectivity index (χ4n) is 2.53. The molecule has 2 heterocycles. The van der Waals surface area contributed by atoms with Gasteiger partial charge in [-0.3, -0.25) is 0 Å². The molecule has 0 N–H and O–H groups in total. The zero-order valence-corrected chi connectivity index (χ0v) is 13.0. The highest BCUT2D eigenvalue weighted by Crippen LogP contribution is 2.22. The third kappa shape index (κ3) is 3.80. The minimum Gasteiger partial charge on any atom is -0.359 e. The molecule has 1 aromatic rings. The predicted octanol–water partition coefficient (Wildman–Crippen LogP) is 2.64. The highest BCUT2D eigenvalue weighted by molar-refractivity contribution is 6.29. The van der Waals surface area contributed by atoms with Gasteiger partial charge in [-0.05, 0) is 25.9 Å². The fraction of sp³-hybridized carbons (Fsp3) is 0.714. The van der Waals surface area contributed by atoms with Gasteiger partial charge in [0.05, 0.1) is 0 Å². The summed E-state index contributed by atoms with van der Waals surface area (Å²) < 4.78 is 0. The lowest BCUT2D eigenvalue weighted by atomic mass is 10.1. The molecule has 1 atom stereocenters. The summed E-state index contributed by atoms with van der Waals surface area (Å²) in [6.45, 7) is 7.55. The number of anilines is 1. The first-order valence-electron chi connectivity index (χ1n) is 6.90. The molecule has 106 valence electrons. The fourth-order valence-corrected chi connectivity index (χ4v) is 2.72. The van der Waals surface area contributed by atoms with Crippen LogP contribution < -0.4 is 4.90 Å². The topological polar surface area (TPSA) is 32.3 Å². The van der Waals surface area contributed by atoms with Gasteiger partial charge in [0.25, 0.3) is 0 Å². The number of aromatic nitrogens is 2. The Labute approximate surface area is 120 Å². The highest BCUT2D eigenvalue weighted by Gasteiger charge is 2.21. The van der Waals surface area contributed by atoms with Crippen molar-refractivity contribution in [3.05, 3.63) is 17.0 Å². The van der Waals surface area contributed by atoms with E-state index in [-0.39, 0.29) is 0 Å². The second-order valence-corrected chi connectivity index (χ2v) is 6.25. The first-order chi connectivity index (χ1) is 8.95. The Morgan fingerprint density at radius 2 is 2.21 bits per heavy atom. The number of likely N-dealkylation sites (tertiary alicyclic amines) is 1. The molecule has 1 aliphatic heterocycles. The van der Waals surface area contributed by atoms with Gasteiger partial charge in [-0.15, -0.1) is 0 Å². The van der Waals surface area contributed by atoms with Gasteiger partial charge in [0.2, 0.25) is 0 Å². The molecule has 2 rings (SSSR count). The summed E-state index contributed by atoms with van der Waals surface area (Å²) in [4.78, 5) is 13.5. The summed E-state index contributed by atoms with van der Waals surface area (Å²) in [5.41, 5.74) is 0. The van der Waals surface area contributed by atoms with Crippen LogP contribution >= 0.6 is 11.6 Å². The van der Waals surface area contributed by atoms with E-state index >= 15 is 0 Å². The van der Waals surface area contributed by atoms with Crippen molar-refractivity contribution >= 4 is 17.4 Å². The molecule has 19 heavy (non-hydrogen) atoms. The second-order valence-electron chi connectivity index (χ2n) is 5.86. The maximum Gasteiger partial charge on any atom is 0.135 e. The second kappa shape index (κ2) is 6.06. The molecule has 5 heteroatoms. The summed E-state index contributed by atoms with van der Waals surface area (Å²) in [5.74, 6) is 2.76. The van der Waals surface area contributed by atoms with Gasteiger partial charge in [0.15, 0.2) is 0 Å². The SMILES string of the molecule is CC(C)c1nc(Cl)cc(N(C)CC2CCN(C)C2)n1. The standard InChI is InChI=1S/C14H23ClN4/c1-10(2)14-16-12(15)7-13(17-14)19(4)9-11-5-6-18(3)8-11/h7,10-11H,5-6,8-9H2,1-4H3. The average Bonchev–Trinajstić information content (AvgIpc) is 2.73. The Morgan fingerprint density at radius 1 is 1.47 bits per heavy atom. The molecule has 0 bridgehead atoms. The summed E-state index contributed by atoms with van der Waals surface area (Å²) in [5, 5.41) is 0.532. The quantitative estimate of drug-likeness (QED) is 0.795. The molecule has 1 aromatic heterocycles. The zero-order valence-electron chi connectivity index (χ0n) is 12.2. The van der Waals surface area contributed by atoms with Gasteiger partial charge in [0.1, 0.15) is 16.8 Å². The van der Waals surface area contributed by atoms with Crippen LogP contribution in [0.2, 0.25) is 5.15 Å². The summed E-state index contributed by atoms with van der Waals surface area (Å²) >= 11 is 6.09. The van der Waals surface area contributed by atoms with E-state index in [0.717, 1.165) is 18.2 Å². The Balaban J connectivity index is 2.08. The van der Waals surface area contributed by atoms with Gasteiger partial charge in [0, 0.05) is 32.1 Å². The molecule has 0 aliphatic carbocycles. The molecule has 0 saturated carbocycles. The van der Waals surface area contributed by atoms with Gasteiger partial charge in [-0.2, -0.15) is 0 Å². The van der Waals surface area contributed by atoms with E-state index in [1.165, 1.54) is 19.5 Å². The lowest BCUT2D eigenvalue weighted by molar-refractivity contribution is 0.395. The normalized spacial score (nSPS) is 20.2. The number of rotatable bonds is 4. The maximum atomic E-state index is 6.09. The molecule has 1 fully saturated rings. The van der Waals surface area contributed by atoms with E-state index < -0.39 is 0 Å². The maximum absolute atomic E-state index is 6.09. The van der Waals surface area contributed by atoms with Crippen molar-refractivity contribution in [3.63, 3.8) is 0 Å². The molecule has 1 saturated heterocycles. The zero-order chi connectivity index (χ0) is 14.0. The van der Waals surface area contributed by atoms with Crippen LogP contribution in [-0.4, -0.2) is 48.6 Å². The molecular formula is C14H23ClN4. The van der Waals surface area contributed by atoms with Gasteiger partial charge < -0.3 is 9.80 Å². The van der Waals surface area contributed by atoms with Crippen LogP contribution in [0.1, 0.15) is 32.0 Å². The van der Waals surface area contributed by atoms with Crippen LogP contribution in [0.25, 0.3) is 0 Å². The molecule has 1 aliphatic rings. The Bertz CT molecular complexity index is 435. The number of nitrogens with zero attached hydrogens (tertiary/aromatic N) is 4. The van der Waals surface area contributed by atoms with E-state index in [2.05, 4.69) is 47.7 Å². The number of halogens is 1. The minimum atomic E-state index is 0.295. The van der Waals surface area contributed by atoms with E-state index in [1.54, 1.807) is 0 Å². The predicted molar refractivity (Wildman–Crippen MR) is 80.0 cm³/mol. The van der Waals surface area contributed by atoms with Crippen LogP contribution in [0.15, 0.2) is 6.07 Å². The molecular weight excluding hydrogens is 260 g/mol. The van der Waals surface area contributed by atoms with Gasteiger partial charge in [-0.25, -0.2) is 9.97 Å². The van der Waals surface area contributed by atoms with Gasteiger partial charge >= 0.3 is 0 Å².